The minimum Gasteiger partial charge on any atom is -0.373 e. The van der Waals surface area contributed by atoms with Gasteiger partial charge < -0.3 is 10.1 Å². The van der Waals surface area contributed by atoms with Crippen molar-refractivity contribution in [2.75, 3.05) is 5.32 Å². The largest absolute Gasteiger partial charge is 0.373 e. The van der Waals surface area contributed by atoms with Crippen molar-refractivity contribution < 1.29 is 9.53 Å². The van der Waals surface area contributed by atoms with Gasteiger partial charge in [-0.05, 0) is 47.7 Å². The molecule has 2 saturated heterocycles. The van der Waals surface area contributed by atoms with E-state index in [0.29, 0.717) is 0 Å². The molecule has 2 aliphatic rings. The summed E-state index contributed by atoms with van der Waals surface area (Å²) in [5.74, 6) is -0.0543. The van der Waals surface area contributed by atoms with Crippen molar-refractivity contribution in [3.63, 3.8) is 0 Å². The van der Waals surface area contributed by atoms with Crippen LogP contribution in [-0.2, 0) is 9.53 Å². The summed E-state index contributed by atoms with van der Waals surface area (Å²) in [5, 5.41) is 3.11. The van der Waals surface area contributed by atoms with Crippen LogP contribution in [0.2, 0.25) is 0 Å². The Labute approximate surface area is 164 Å². The molecule has 140 valence electrons. The van der Waals surface area contributed by atoms with E-state index >= 15 is 0 Å². The summed E-state index contributed by atoms with van der Waals surface area (Å²) >= 11 is 0. The van der Waals surface area contributed by atoms with E-state index in [2.05, 4.69) is 28.5 Å². The summed E-state index contributed by atoms with van der Waals surface area (Å²) in [6.07, 6.45) is 5.71. The first kappa shape index (κ1) is 17.1. The highest BCUT2D eigenvalue weighted by atomic mass is 16.5. The van der Waals surface area contributed by atoms with E-state index in [1.54, 1.807) is 6.20 Å². The molecule has 0 aliphatic carbocycles. The summed E-state index contributed by atoms with van der Waals surface area (Å²) in [4.78, 5) is 17.4. The van der Waals surface area contributed by atoms with Gasteiger partial charge in [-0.25, -0.2) is 0 Å². The van der Waals surface area contributed by atoms with Crippen LogP contribution in [0.4, 0.5) is 5.69 Å². The predicted octanol–water partition coefficient (Wildman–Crippen LogP) is 4.65. The van der Waals surface area contributed by atoms with Gasteiger partial charge in [0.2, 0.25) is 5.91 Å². The number of fused-ring (bicyclic) bond motifs is 2. The van der Waals surface area contributed by atoms with Gasteiger partial charge in [-0.2, -0.15) is 0 Å². The van der Waals surface area contributed by atoms with E-state index < -0.39 is 0 Å². The Balaban J connectivity index is 1.35. The van der Waals surface area contributed by atoms with Gasteiger partial charge in [0.15, 0.2) is 0 Å². The SMILES string of the molecule is O=C(Nc1ccc(-c2ccccc2)cc1)[C@@H]1[C@@H](c2cccnc2)[C@@H]2CC[C@H]1O2. The molecule has 4 nitrogen and oxygen atoms in total. The molecule has 2 aromatic carbocycles. The number of benzene rings is 2. The van der Waals surface area contributed by atoms with E-state index in [0.717, 1.165) is 29.7 Å². The molecule has 1 amide bonds. The molecule has 3 aromatic rings. The number of hydrogen-bond donors (Lipinski definition) is 1. The lowest BCUT2D eigenvalue weighted by atomic mass is 9.75. The molecule has 4 heteroatoms. The standard InChI is InChI=1S/C24H22N2O2/c27-24(26-19-10-8-17(9-11-19)16-5-2-1-3-6-16)23-21-13-12-20(28-21)22(23)18-7-4-14-25-15-18/h1-11,14-15,20-23H,12-13H2,(H,26,27)/t20-,21+,22-,23-/m0/s1. The monoisotopic (exact) mass is 370 g/mol. The minimum absolute atomic E-state index is 0.00111. The van der Waals surface area contributed by atoms with E-state index in [9.17, 15) is 4.79 Å². The fraction of sp³-hybridized carbons (Fsp3) is 0.250. The smallest absolute Gasteiger partial charge is 0.230 e. The molecule has 0 spiro atoms. The van der Waals surface area contributed by atoms with E-state index in [4.69, 9.17) is 4.74 Å². The van der Waals surface area contributed by atoms with Gasteiger partial charge in [-0.15, -0.1) is 0 Å². The van der Waals surface area contributed by atoms with Crippen LogP contribution in [0.1, 0.15) is 24.3 Å². The van der Waals surface area contributed by atoms with Gasteiger partial charge >= 0.3 is 0 Å². The van der Waals surface area contributed by atoms with Crippen LogP contribution < -0.4 is 5.32 Å². The van der Waals surface area contributed by atoms with Gasteiger partial charge in [0, 0.05) is 24.0 Å². The van der Waals surface area contributed by atoms with Crippen LogP contribution in [0.15, 0.2) is 79.1 Å². The lowest BCUT2D eigenvalue weighted by Gasteiger charge is -2.27. The van der Waals surface area contributed by atoms with Crippen LogP contribution in [0.25, 0.3) is 11.1 Å². The molecule has 2 bridgehead atoms. The second-order valence-electron chi connectivity index (χ2n) is 7.56. The summed E-state index contributed by atoms with van der Waals surface area (Å²) in [6.45, 7) is 0. The molecular formula is C24H22N2O2. The van der Waals surface area contributed by atoms with E-state index in [1.807, 2.05) is 54.7 Å². The number of pyridine rings is 1. The molecule has 1 aromatic heterocycles. The summed E-state index contributed by atoms with van der Waals surface area (Å²) in [7, 11) is 0. The first-order valence-corrected chi connectivity index (χ1v) is 9.81. The first-order chi connectivity index (χ1) is 13.8. The second kappa shape index (κ2) is 7.21. The Morgan fingerprint density at radius 2 is 1.64 bits per heavy atom. The highest BCUT2D eigenvalue weighted by Gasteiger charge is 2.52. The molecule has 2 fully saturated rings. The number of hydrogen-bond acceptors (Lipinski definition) is 3. The van der Waals surface area contributed by atoms with Crippen molar-refractivity contribution in [2.45, 2.75) is 31.0 Å². The van der Waals surface area contributed by atoms with Crippen molar-refractivity contribution in [1.29, 1.82) is 0 Å². The van der Waals surface area contributed by atoms with Crippen LogP contribution in [0, 0.1) is 5.92 Å². The van der Waals surface area contributed by atoms with Crippen molar-refractivity contribution >= 4 is 11.6 Å². The molecule has 0 radical (unpaired) electrons. The third-order valence-corrected chi connectivity index (χ3v) is 5.90. The van der Waals surface area contributed by atoms with E-state index in [1.165, 1.54) is 5.56 Å². The average Bonchev–Trinajstić information content (AvgIpc) is 3.37. The maximum atomic E-state index is 13.1. The number of aromatic nitrogens is 1. The van der Waals surface area contributed by atoms with Crippen LogP contribution in [0.3, 0.4) is 0 Å². The van der Waals surface area contributed by atoms with Crippen LogP contribution >= 0.6 is 0 Å². The van der Waals surface area contributed by atoms with Gasteiger partial charge in [0.1, 0.15) is 0 Å². The van der Waals surface area contributed by atoms with Crippen LogP contribution in [0.5, 0.6) is 0 Å². The number of amides is 1. The molecular weight excluding hydrogens is 348 g/mol. The van der Waals surface area contributed by atoms with Crippen molar-refractivity contribution in [3.05, 3.63) is 84.7 Å². The van der Waals surface area contributed by atoms with Gasteiger partial charge in [0.25, 0.3) is 0 Å². The lowest BCUT2D eigenvalue weighted by molar-refractivity contribution is -0.121. The fourth-order valence-corrected chi connectivity index (χ4v) is 4.61. The number of carbonyl (C=O) groups is 1. The van der Waals surface area contributed by atoms with Crippen molar-refractivity contribution in [2.24, 2.45) is 5.92 Å². The summed E-state index contributed by atoms with van der Waals surface area (Å²) in [6, 6.07) is 22.2. The zero-order valence-corrected chi connectivity index (χ0v) is 15.5. The third kappa shape index (κ3) is 3.10. The maximum Gasteiger partial charge on any atom is 0.230 e. The number of rotatable bonds is 4. The summed E-state index contributed by atoms with van der Waals surface area (Å²) < 4.78 is 6.10. The average molecular weight is 370 g/mol. The second-order valence-corrected chi connectivity index (χ2v) is 7.56. The third-order valence-electron chi connectivity index (χ3n) is 5.90. The minimum atomic E-state index is -0.170. The molecule has 28 heavy (non-hydrogen) atoms. The highest BCUT2D eigenvalue weighted by molar-refractivity contribution is 5.94. The molecule has 2 aliphatic heterocycles. The molecule has 5 rings (SSSR count). The normalized spacial score (nSPS) is 25.6. The maximum absolute atomic E-state index is 13.1. The fourth-order valence-electron chi connectivity index (χ4n) is 4.61. The van der Waals surface area contributed by atoms with Gasteiger partial charge in [0.05, 0.1) is 18.1 Å². The number of nitrogens with zero attached hydrogens (tertiary/aromatic N) is 1. The van der Waals surface area contributed by atoms with Crippen LogP contribution in [-0.4, -0.2) is 23.1 Å². The number of nitrogens with one attached hydrogen (secondary N) is 1. The Morgan fingerprint density at radius 1 is 0.893 bits per heavy atom. The molecule has 4 atom stereocenters. The number of anilines is 1. The zero-order valence-electron chi connectivity index (χ0n) is 15.5. The molecule has 0 saturated carbocycles. The molecule has 1 N–H and O–H groups in total. The Hall–Kier alpha value is -2.98. The Bertz CT molecular complexity index is 957. The predicted molar refractivity (Wildman–Crippen MR) is 109 cm³/mol. The lowest BCUT2D eigenvalue weighted by Crippen LogP contribution is -2.36. The van der Waals surface area contributed by atoms with Gasteiger partial charge in [-0.3, -0.25) is 9.78 Å². The Morgan fingerprint density at radius 3 is 2.39 bits per heavy atom. The van der Waals surface area contributed by atoms with Gasteiger partial charge in [-0.1, -0.05) is 48.5 Å². The first-order valence-electron chi connectivity index (χ1n) is 9.81. The van der Waals surface area contributed by atoms with Crippen molar-refractivity contribution in [1.82, 2.24) is 4.98 Å². The topological polar surface area (TPSA) is 51.2 Å². The molecule has 3 heterocycles. The number of ether oxygens (including phenoxy) is 1. The summed E-state index contributed by atoms with van der Waals surface area (Å²) in [5.41, 5.74) is 4.21. The number of carbonyl (C=O) groups excluding carboxylic acids is 1. The highest BCUT2D eigenvalue weighted by Crippen LogP contribution is 2.49. The molecule has 0 unspecified atom stereocenters. The quantitative estimate of drug-likeness (QED) is 0.727. The van der Waals surface area contributed by atoms with E-state index in [-0.39, 0.29) is 30.0 Å². The van der Waals surface area contributed by atoms with Crippen molar-refractivity contribution in [3.8, 4) is 11.1 Å². The zero-order chi connectivity index (χ0) is 18.9. The Kier molecular flexibility index (Phi) is 4.41.